The van der Waals surface area contributed by atoms with Crippen LogP contribution in [0.5, 0.6) is 5.75 Å². The minimum absolute atomic E-state index is 0.0793. The summed E-state index contributed by atoms with van der Waals surface area (Å²) in [7, 11) is 0. The van der Waals surface area contributed by atoms with Crippen LogP contribution in [0.3, 0.4) is 0 Å². The van der Waals surface area contributed by atoms with E-state index in [0.717, 1.165) is 28.0 Å². The Balaban J connectivity index is 1.64. The van der Waals surface area contributed by atoms with E-state index in [4.69, 9.17) is 4.74 Å². The summed E-state index contributed by atoms with van der Waals surface area (Å²) in [5.74, 6) is 0.318. The smallest absolute Gasteiger partial charge is 0.264 e. The molecule has 3 aromatic rings. The quantitative estimate of drug-likeness (QED) is 0.692. The lowest BCUT2D eigenvalue weighted by molar-refractivity contribution is -0.118. The molecular formula is C19H19N3O3S. The lowest BCUT2D eigenvalue weighted by Crippen LogP contribution is -2.20. The van der Waals surface area contributed by atoms with Gasteiger partial charge >= 0.3 is 0 Å². The topological polar surface area (TPSA) is 80.3 Å². The van der Waals surface area contributed by atoms with Gasteiger partial charge in [-0.25, -0.2) is 4.98 Å². The summed E-state index contributed by atoms with van der Waals surface area (Å²) in [4.78, 5) is 27.7. The number of para-hydroxylation sites is 1. The van der Waals surface area contributed by atoms with E-state index in [2.05, 4.69) is 15.6 Å². The third-order valence-corrected chi connectivity index (χ3v) is 4.60. The number of amides is 2. The Labute approximate surface area is 155 Å². The molecule has 0 atom stereocenters. The van der Waals surface area contributed by atoms with Crippen molar-refractivity contribution >= 4 is 44.2 Å². The van der Waals surface area contributed by atoms with E-state index in [9.17, 15) is 9.59 Å². The molecule has 0 aliphatic rings. The highest BCUT2D eigenvalue weighted by atomic mass is 32.1. The molecule has 0 fully saturated rings. The van der Waals surface area contributed by atoms with Crippen LogP contribution < -0.4 is 15.4 Å². The molecule has 0 bridgehead atoms. The maximum absolute atomic E-state index is 12.1. The van der Waals surface area contributed by atoms with Gasteiger partial charge in [0.2, 0.25) is 5.91 Å². The first kappa shape index (κ1) is 17.9. The number of aromatic nitrogens is 1. The van der Waals surface area contributed by atoms with Crippen LogP contribution in [-0.4, -0.2) is 23.4 Å². The molecule has 0 saturated carbocycles. The van der Waals surface area contributed by atoms with Gasteiger partial charge in [0.25, 0.3) is 5.91 Å². The number of ether oxygens (including phenoxy) is 1. The predicted octanol–water partition coefficient (Wildman–Crippen LogP) is 3.83. The van der Waals surface area contributed by atoms with Crippen molar-refractivity contribution in [3.8, 4) is 5.75 Å². The summed E-state index contributed by atoms with van der Waals surface area (Å²) in [6, 6.07) is 13.1. The second-order valence-corrected chi connectivity index (χ2v) is 6.71. The van der Waals surface area contributed by atoms with Crippen molar-refractivity contribution < 1.29 is 14.3 Å². The van der Waals surface area contributed by atoms with Crippen molar-refractivity contribution in [3.63, 3.8) is 0 Å². The number of benzene rings is 2. The number of rotatable bonds is 6. The zero-order chi connectivity index (χ0) is 18.5. The molecule has 0 unspecified atom stereocenters. The van der Waals surface area contributed by atoms with Crippen LogP contribution in [0.25, 0.3) is 10.2 Å². The van der Waals surface area contributed by atoms with E-state index < -0.39 is 0 Å². The van der Waals surface area contributed by atoms with E-state index >= 15 is 0 Å². The van der Waals surface area contributed by atoms with Crippen molar-refractivity contribution in [1.29, 1.82) is 0 Å². The summed E-state index contributed by atoms with van der Waals surface area (Å²) < 4.78 is 6.49. The van der Waals surface area contributed by atoms with Gasteiger partial charge in [-0.2, -0.15) is 0 Å². The van der Waals surface area contributed by atoms with Crippen LogP contribution in [0.1, 0.15) is 19.4 Å². The average molecular weight is 369 g/mol. The van der Waals surface area contributed by atoms with Crippen molar-refractivity contribution in [3.05, 3.63) is 48.0 Å². The van der Waals surface area contributed by atoms with Gasteiger partial charge in [0.1, 0.15) is 5.75 Å². The first-order valence-electron chi connectivity index (χ1n) is 8.24. The molecule has 7 heteroatoms. The molecule has 26 heavy (non-hydrogen) atoms. The maximum Gasteiger partial charge on any atom is 0.264 e. The van der Waals surface area contributed by atoms with Gasteiger partial charge in [-0.1, -0.05) is 36.5 Å². The van der Waals surface area contributed by atoms with Gasteiger partial charge in [0, 0.05) is 12.6 Å². The van der Waals surface area contributed by atoms with Crippen LogP contribution in [0.15, 0.2) is 42.5 Å². The number of hydrogen-bond donors (Lipinski definition) is 2. The largest absolute Gasteiger partial charge is 0.483 e. The Kier molecular flexibility index (Phi) is 5.48. The molecule has 2 N–H and O–H groups in total. The molecule has 0 spiro atoms. The third kappa shape index (κ3) is 4.37. The Morgan fingerprint density at radius 1 is 1.15 bits per heavy atom. The number of fused-ring (bicyclic) bond motifs is 1. The first-order valence-corrected chi connectivity index (χ1v) is 9.05. The number of nitrogens with zero attached hydrogens (tertiary/aromatic N) is 1. The van der Waals surface area contributed by atoms with E-state index in [1.807, 2.05) is 37.3 Å². The lowest BCUT2D eigenvalue weighted by Gasteiger charge is -2.09. The van der Waals surface area contributed by atoms with Gasteiger partial charge in [-0.3, -0.25) is 14.9 Å². The minimum atomic E-state index is -0.267. The van der Waals surface area contributed by atoms with E-state index in [1.165, 1.54) is 18.3 Å². The fraction of sp³-hybridized carbons (Fsp3) is 0.211. The number of aryl methyl sites for hydroxylation is 1. The molecule has 3 rings (SSSR count). The number of carbonyl (C=O) groups is 2. The molecular weight excluding hydrogens is 350 g/mol. The van der Waals surface area contributed by atoms with Crippen molar-refractivity contribution in [2.75, 3.05) is 17.2 Å². The Hall–Kier alpha value is -2.93. The van der Waals surface area contributed by atoms with Crippen LogP contribution in [0.2, 0.25) is 0 Å². The molecule has 2 aromatic carbocycles. The fourth-order valence-electron chi connectivity index (χ4n) is 2.49. The summed E-state index contributed by atoms with van der Waals surface area (Å²) in [6.45, 7) is 3.42. The maximum atomic E-state index is 12.1. The molecule has 0 aliphatic heterocycles. The number of anilines is 2. The van der Waals surface area contributed by atoms with Gasteiger partial charge in [0.05, 0.1) is 10.2 Å². The number of thiazole rings is 1. The summed E-state index contributed by atoms with van der Waals surface area (Å²) >= 11 is 1.35. The van der Waals surface area contributed by atoms with E-state index in [0.29, 0.717) is 10.8 Å². The van der Waals surface area contributed by atoms with E-state index in [-0.39, 0.29) is 18.4 Å². The van der Waals surface area contributed by atoms with Crippen LogP contribution in [0, 0.1) is 0 Å². The standard InChI is InChI=1S/C19H19N3O3S/c1-3-13-6-4-5-7-16(13)25-11-18(24)22-19-21-15-9-8-14(20-12(2)23)10-17(15)26-19/h4-10H,3,11H2,1-2H3,(H,20,23)(H,21,22,24). The average Bonchev–Trinajstić information content (AvgIpc) is 3.01. The van der Waals surface area contributed by atoms with Crippen molar-refractivity contribution in [1.82, 2.24) is 4.98 Å². The predicted molar refractivity (Wildman–Crippen MR) is 104 cm³/mol. The summed E-state index contributed by atoms with van der Waals surface area (Å²) in [5.41, 5.74) is 2.52. The highest BCUT2D eigenvalue weighted by Crippen LogP contribution is 2.28. The van der Waals surface area contributed by atoms with Gasteiger partial charge in [-0.15, -0.1) is 0 Å². The van der Waals surface area contributed by atoms with Crippen molar-refractivity contribution in [2.24, 2.45) is 0 Å². The summed E-state index contributed by atoms with van der Waals surface area (Å²) in [5, 5.41) is 5.98. The second-order valence-electron chi connectivity index (χ2n) is 5.68. The van der Waals surface area contributed by atoms with Crippen LogP contribution >= 0.6 is 11.3 Å². The highest BCUT2D eigenvalue weighted by molar-refractivity contribution is 7.22. The fourth-order valence-corrected chi connectivity index (χ4v) is 3.42. The molecule has 0 radical (unpaired) electrons. The Morgan fingerprint density at radius 2 is 1.96 bits per heavy atom. The molecule has 134 valence electrons. The number of hydrogen-bond acceptors (Lipinski definition) is 5. The van der Waals surface area contributed by atoms with E-state index in [1.54, 1.807) is 12.1 Å². The molecule has 1 aromatic heterocycles. The lowest BCUT2D eigenvalue weighted by atomic mass is 10.1. The highest BCUT2D eigenvalue weighted by Gasteiger charge is 2.10. The monoisotopic (exact) mass is 369 g/mol. The van der Waals surface area contributed by atoms with Crippen LogP contribution in [0.4, 0.5) is 10.8 Å². The molecule has 0 aliphatic carbocycles. The zero-order valence-corrected chi connectivity index (χ0v) is 15.4. The van der Waals surface area contributed by atoms with Gasteiger partial charge < -0.3 is 10.1 Å². The molecule has 0 saturated heterocycles. The Bertz CT molecular complexity index is 952. The van der Waals surface area contributed by atoms with Gasteiger partial charge in [-0.05, 0) is 36.2 Å². The first-order chi connectivity index (χ1) is 12.5. The van der Waals surface area contributed by atoms with Crippen molar-refractivity contribution in [2.45, 2.75) is 20.3 Å². The number of carbonyl (C=O) groups excluding carboxylic acids is 2. The molecule has 6 nitrogen and oxygen atoms in total. The minimum Gasteiger partial charge on any atom is -0.483 e. The number of nitrogens with one attached hydrogen (secondary N) is 2. The SMILES string of the molecule is CCc1ccccc1OCC(=O)Nc1nc2ccc(NC(C)=O)cc2s1. The molecule has 2 amide bonds. The normalized spacial score (nSPS) is 10.5. The van der Waals surface area contributed by atoms with Crippen LogP contribution in [-0.2, 0) is 16.0 Å². The summed E-state index contributed by atoms with van der Waals surface area (Å²) in [6.07, 6.45) is 0.840. The third-order valence-electron chi connectivity index (χ3n) is 3.67. The molecule has 1 heterocycles. The van der Waals surface area contributed by atoms with Gasteiger partial charge in [0.15, 0.2) is 11.7 Å². The Morgan fingerprint density at radius 3 is 2.73 bits per heavy atom. The second kappa shape index (κ2) is 7.97. The zero-order valence-electron chi connectivity index (χ0n) is 14.5.